The first-order chi connectivity index (χ1) is 11.6. The van der Waals surface area contributed by atoms with E-state index in [0.717, 1.165) is 24.5 Å². The predicted octanol–water partition coefficient (Wildman–Crippen LogP) is 4.37. The molecule has 0 bridgehead atoms. The van der Waals surface area contributed by atoms with Crippen LogP contribution in [0.3, 0.4) is 0 Å². The summed E-state index contributed by atoms with van der Waals surface area (Å²) >= 11 is 6.28. The van der Waals surface area contributed by atoms with E-state index in [1.807, 2.05) is 12.1 Å². The zero-order valence-corrected chi connectivity index (χ0v) is 15.1. The molecule has 24 heavy (non-hydrogen) atoms. The summed E-state index contributed by atoms with van der Waals surface area (Å²) in [5, 5.41) is 1.94. The lowest BCUT2D eigenvalue weighted by molar-refractivity contribution is 0.386. The van der Waals surface area contributed by atoms with Crippen LogP contribution in [-0.2, 0) is 13.1 Å². The van der Waals surface area contributed by atoms with Gasteiger partial charge in [-0.3, -0.25) is 0 Å². The lowest BCUT2D eigenvalue weighted by Gasteiger charge is -2.13. The third-order valence-corrected chi connectivity index (χ3v) is 4.61. The van der Waals surface area contributed by atoms with Gasteiger partial charge in [0.1, 0.15) is 0 Å². The van der Waals surface area contributed by atoms with Gasteiger partial charge in [0.2, 0.25) is 0 Å². The summed E-state index contributed by atoms with van der Waals surface area (Å²) < 4.78 is 2.36. The molecule has 0 radical (unpaired) electrons. The first-order valence-corrected chi connectivity index (χ1v) is 8.70. The van der Waals surface area contributed by atoms with Crippen LogP contribution in [0.1, 0.15) is 12.1 Å². The Balaban J connectivity index is 2.17. The first-order valence-electron chi connectivity index (χ1n) is 8.32. The smallest absolute Gasteiger partial charge is 0.0490 e. The Morgan fingerprint density at radius 2 is 1.83 bits per heavy atom. The van der Waals surface area contributed by atoms with Crippen molar-refractivity contribution in [3.05, 3.63) is 59.2 Å². The number of fused-ring (bicyclic) bond motifs is 1. The van der Waals surface area contributed by atoms with E-state index in [4.69, 9.17) is 17.3 Å². The van der Waals surface area contributed by atoms with Gasteiger partial charge in [-0.25, -0.2) is 0 Å². The van der Waals surface area contributed by atoms with Crippen molar-refractivity contribution in [2.75, 3.05) is 20.6 Å². The molecule has 1 heterocycles. The van der Waals surface area contributed by atoms with Crippen LogP contribution in [0.4, 0.5) is 0 Å². The van der Waals surface area contributed by atoms with Crippen molar-refractivity contribution in [1.82, 2.24) is 9.47 Å². The summed E-state index contributed by atoms with van der Waals surface area (Å²) in [5.41, 5.74) is 10.9. The number of hydrogen-bond donors (Lipinski definition) is 1. The lowest BCUT2D eigenvalue weighted by atomic mass is 10.0. The summed E-state index contributed by atoms with van der Waals surface area (Å²) in [4.78, 5) is 2.21. The summed E-state index contributed by atoms with van der Waals surface area (Å²) in [5.74, 6) is 0. The topological polar surface area (TPSA) is 34.2 Å². The summed E-state index contributed by atoms with van der Waals surface area (Å²) in [6.07, 6.45) is 1.08. The molecule has 4 heteroatoms. The van der Waals surface area contributed by atoms with Crippen molar-refractivity contribution in [3.8, 4) is 11.1 Å². The maximum Gasteiger partial charge on any atom is 0.0490 e. The Morgan fingerprint density at radius 3 is 2.50 bits per heavy atom. The van der Waals surface area contributed by atoms with E-state index < -0.39 is 0 Å². The molecule has 3 nitrogen and oxygen atoms in total. The highest BCUT2D eigenvalue weighted by Gasteiger charge is 2.17. The van der Waals surface area contributed by atoms with E-state index in [-0.39, 0.29) is 0 Å². The van der Waals surface area contributed by atoms with Gasteiger partial charge in [0.25, 0.3) is 0 Å². The molecule has 0 atom stereocenters. The highest BCUT2D eigenvalue weighted by atomic mass is 35.5. The molecule has 0 aliphatic carbocycles. The molecule has 0 fully saturated rings. The summed E-state index contributed by atoms with van der Waals surface area (Å²) in [6.45, 7) is 2.52. The van der Waals surface area contributed by atoms with Gasteiger partial charge in [-0.1, -0.05) is 41.9 Å². The van der Waals surface area contributed by atoms with Gasteiger partial charge in [0.05, 0.1) is 0 Å². The zero-order valence-electron chi connectivity index (χ0n) is 14.3. The van der Waals surface area contributed by atoms with Crippen LogP contribution < -0.4 is 5.73 Å². The van der Waals surface area contributed by atoms with E-state index in [1.165, 1.54) is 27.7 Å². The fourth-order valence-corrected chi connectivity index (χ4v) is 3.49. The van der Waals surface area contributed by atoms with Gasteiger partial charge in [0, 0.05) is 40.3 Å². The first kappa shape index (κ1) is 17.0. The third kappa shape index (κ3) is 3.34. The SMILES string of the molecule is CN(C)CCCn1c(CN)c(-c2ccccc2)c2cc(Cl)ccc21. The molecule has 0 unspecified atom stereocenters. The van der Waals surface area contributed by atoms with Crippen molar-refractivity contribution < 1.29 is 0 Å². The molecular formula is C20H24ClN3. The normalized spacial score (nSPS) is 11.5. The fourth-order valence-electron chi connectivity index (χ4n) is 3.32. The Morgan fingerprint density at radius 1 is 1.08 bits per heavy atom. The Kier molecular flexibility index (Phi) is 5.24. The maximum atomic E-state index is 6.28. The van der Waals surface area contributed by atoms with Crippen molar-refractivity contribution in [2.45, 2.75) is 19.5 Å². The van der Waals surface area contributed by atoms with Gasteiger partial charge >= 0.3 is 0 Å². The third-order valence-electron chi connectivity index (χ3n) is 4.38. The highest BCUT2D eigenvalue weighted by molar-refractivity contribution is 6.31. The average Bonchev–Trinajstić information content (AvgIpc) is 2.88. The molecule has 0 aliphatic heterocycles. The second-order valence-electron chi connectivity index (χ2n) is 6.36. The largest absolute Gasteiger partial charge is 0.343 e. The minimum Gasteiger partial charge on any atom is -0.343 e. The van der Waals surface area contributed by atoms with Gasteiger partial charge in [-0.05, 0) is 50.8 Å². The number of nitrogens with zero attached hydrogens (tertiary/aromatic N) is 2. The maximum absolute atomic E-state index is 6.28. The summed E-state index contributed by atoms with van der Waals surface area (Å²) in [6, 6.07) is 16.6. The van der Waals surface area contributed by atoms with Gasteiger partial charge in [-0.2, -0.15) is 0 Å². The van der Waals surface area contributed by atoms with Crippen LogP contribution >= 0.6 is 11.6 Å². The Hall–Kier alpha value is -1.81. The molecule has 0 spiro atoms. The van der Waals surface area contributed by atoms with E-state index in [2.05, 4.69) is 60.0 Å². The van der Waals surface area contributed by atoms with E-state index in [9.17, 15) is 0 Å². The number of benzene rings is 2. The average molecular weight is 342 g/mol. The number of aromatic nitrogens is 1. The molecule has 3 rings (SSSR count). The van der Waals surface area contributed by atoms with E-state index >= 15 is 0 Å². The molecule has 3 aromatic rings. The van der Waals surface area contributed by atoms with Crippen molar-refractivity contribution >= 4 is 22.5 Å². The fraction of sp³-hybridized carbons (Fsp3) is 0.300. The van der Waals surface area contributed by atoms with Crippen LogP contribution in [0.15, 0.2) is 48.5 Å². The van der Waals surface area contributed by atoms with Gasteiger partial charge < -0.3 is 15.2 Å². The van der Waals surface area contributed by atoms with Crippen LogP contribution in [0.25, 0.3) is 22.0 Å². The molecule has 2 N–H and O–H groups in total. The standard InChI is InChI=1S/C20H24ClN3/c1-23(2)11-6-12-24-18-10-9-16(21)13-17(18)20(19(24)14-22)15-7-4-3-5-8-15/h3-5,7-10,13H,6,11-12,14,22H2,1-2H3. The van der Waals surface area contributed by atoms with Crippen LogP contribution in [0.5, 0.6) is 0 Å². The number of aryl methyl sites for hydroxylation is 1. The number of hydrogen-bond acceptors (Lipinski definition) is 2. The van der Waals surface area contributed by atoms with E-state index in [0.29, 0.717) is 6.54 Å². The van der Waals surface area contributed by atoms with Crippen molar-refractivity contribution in [2.24, 2.45) is 5.73 Å². The zero-order chi connectivity index (χ0) is 17.1. The molecular weight excluding hydrogens is 318 g/mol. The minimum absolute atomic E-state index is 0.512. The molecule has 2 aromatic carbocycles. The second kappa shape index (κ2) is 7.39. The lowest BCUT2D eigenvalue weighted by Crippen LogP contribution is -2.16. The molecule has 0 aliphatic rings. The molecule has 126 valence electrons. The molecule has 0 amide bonds. The van der Waals surface area contributed by atoms with Gasteiger partial charge in [0.15, 0.2) is 0 Å². The molecule has 1 aromatic heterocycles. The molecule has 0 saturated carbocycles. The number of rotatable bonds is 6. The monoisotopic (exact) mass is 341 g/mol. The number of nitrogens with two attached hydrogens (primary N) is 1. The quantitative estimate of drug-likeness (QED) is 0.722. The Labute approximate surface area is 148 Å². The van der Waals surface area contributed by atoms with Crippen LogP contribution in [-0.4, -0.2) is 30.1 Å². The van der Waals surface area contributed by atoms with Crippen molar-refractivity contribution in [3.63, 3.8) is 0 Å². The summed E-state index contributed by atoms with van der Waals surface area (Å²) in [7, 11) is 4.21. The Bertz CT molecular complexity index is 822. The molecule has 0 saturated heterocycles. The highest BCUT2D eigenvalue weighted by Crippen LogP contribution is 2.36. The van der Waals surface area contributed by atoms with E-state index in [1.54, 1.807) is 0 Å². The minimum atomic E-state index is 0.512. The second-order valence-corrected chi connectivity index (χ2v) is 6.80. The van der Waals surface area contributed by atoms with Gasteiger partial charge in [-0.15, -0.1) is 0 Å². The van der Waals surface area contributed by atoms with Crippen LogP contribution in [0.2, 0.25) is 5.02 Å². The van der Waals surface area contributed by atoms with Crippen molar-refractivity contribution in [1.29, 1.82) is 0 Å². The predicted molar refractivity (Wildman–Crippen MR) is 103 cm³/mol. The number of halogens is 1. The van der Waals surface area contributed by atoms with Crippen LogP contribution in [0, 0.1) is 0 Å².